The van der Waals surface area contributed by atoms with Gasteiger partial charge in [-0.2, -0.15) is 0 Å². The maximum absolute atomic E-state index is 13.5. The predicted octanol–water partition coefficient (Wildman–Crippen LogP) is 5.03. The first-order chi connectivity index (χ1) is 14.4. The van der Waals surface area contributed by atoms with Crippen LogP contribution in [0.4, 0.5) is 9.52 Å². The largest absolute Gasteiger partial charge is 0.379 e. The molecule has 0 radical (unpaired) electrons. The molecule has 2 heterocycles. The van der Waals surface area contributed by atoms with Gasteiger partial charge >= 0.3 is 0 Å². The molecule has 1 aromatic heterocycles. The van der Waals surface area contributed by atoms with Gasteiger partial charge in [-0.25, -0.2) is 9.37 Å². The molecule has 0 aliphatic carbocycles. The molecule has 5 nitrogen and oxygen atoms in total. The number of hydrogen-bond donors (Lipinski definition) is 0. The lowest BCUT2D eigenvalue weighted by atomic mass is 10.2. The Bertz CT molecular complexity index is 1090. The number of carbonyl (C=O) groups excluding carboxylic acids is 1. The van der Waals surface area contributed by atoms with Crippen molar-refractivity contribution in [2.45, 2.75) is 6.92 Å². The summed E-state index contributed by atoms with van der Waals surface area (Å²) in [6, 6.07) is 7.54. The highest BCUT2D eigenvalue weighted by Crippen LogP contribution is 2.34. The quantitative estimate of drug-likeness (QED) is 0.527. The molecule has 1 aliphatic rings. The molecule has 0 saturated carbocycles. The van der Waals surface area contributed by atoms with Crippen LogP contribution >= 0.6 is 34.5 Å². The molecule has 0 atom stereocenters. The van der Waals surface area contributed by atoms with Crippen LogP contribution in [0.3, 0.4) is 0 Å². The van der Waals surface area contributed by atoms with Gasteiger partial charge in [-0.05, 0) is 42.8 Å². The summed E-state index contributed by atoms with van der Waals surface area (Å²) in [6.07, 6.45) is 0. The number of nitrogens with zero attached hydrogens (tertiary/aromatic N) is 3. The fourth-order valence-corrected chi connectivity index (χ4v) is 4.81. The summed E-state index contributed by atoms with van der Waals surface area (Å²) < 4.78 is 19.8. The molecule has 3 aromatic rings. The van der Waals surface area contributed by atoms with Crippen molar-refractivity contribution >= 4 is 55.8 Å². The number of anilines is 1. The number of ether oxygens (including phenoxy) is 1. The number of hydrogen-bond acceptors (Lipinski definition) is 5. The van der Waals surface area contributed by atoms with Crippen LogP contribution in [0.25, 0.3) is 10.2 Å². The van der Waals surface area contributed by atoms with Crippen LogP contribution in [0.1, 0.15) is 15.9 Å². The topological polar surface area (TPSA) is 45.7 Å². The summed E-state index contributed by atoms with van der Waals surface area (Å²) in [5.74, 6) is -0.794. The van der Waals surface area contributed by atoms with Gasteiger partial charge in [-0.3, -0.25) is 14.6 Å². The van der Waals surface area contributed by atoms with Crippen LogP contribution < -0.4 is 4.90 Å². The van der Waals surface area contributed by atoms with E-state index in [0.29, 0.717) is 36.5 Å². The molecular formula is C21H20Cl2FN3O2S. The Hall–Kier alpha value is -1.77. The first kappa shape index (κ1) is 21.5. The lowest BCUT2D eigenvalue weighted by molar-refractivity contribution is 0.0391. The standard InChI is InChI=1S/C21H20Cl2FN3O2S/c1-13-16(22)4-5-18-19(13)25-21(30-18)27(7-6-26-8-10-29-11-9-26)20(28)15-3-2-14(24)12-17(15)23/h2-5,12H,6-11H2,1H3. The van der Waals surface area contributed by atoms with Gasteiger partial charge < -0.3 is 4.74 Å². The third-order valence-corrected chi connectivity index (χ3v) is 6.88. The summed E-state index contributed by atoms with van der Waals surface area (Å²) in [6.45, 7) is 5.99. The summed E-state index contributed by atoms with van der Waals surface area (Å²) in [5.41, 5.74) is 1.89. The van der Waals surface area contributed by atoms with Crippen molar-refractivity contribution in [2.24, 2.45) is 0 Å². The molecule has 1 saturated heterocycles. The molecule has 0 N–H and O–H groups in total. The van der Waals surface area contributed by atoms with Gasteiger partial charge in [-0.1, -0.05) is 34.5 Å². The van der Waals surface area contributed by atoms with E-state index in [4.69, 9.17) is 32.9 Å². The van der Waals surface area contributed by atoms with Crippen LogP contribution in [0.5, 0.6) is 0 Å². The first-order valence-electron chi connectivity index (χ1n) is 9.56. The predicted molar refractivity (Wildman–Crippen MR) is 120 cm³/mol. The highest BCUT2D eigenvalue weighted by Gasteiger charge is 2.25. The molecule has 0 unspecified atom stereocenters. The maximum Gasteiger partial charge on any atom is 0.261 e. The number of aromatic nitrogens is 1. The zero-order chi connectivity index (χ0) is 21.3. The SMILES string of the molecule is Cc1c(Cl)ccc2sc(N(CCN3CCOCC3)C(=O)c3ccc(F)cc3Cl)nc12. The number of amides is 1. The van der Waals surface area contributed by atoms with Crippen molar-refractivity contribution in [1.29, 1.82) is 0 Å². The number of benzene rings is 2. The average molecular weight is 468 g/mol. The van der Waals surface area contributed by atoms with Crippen LogP contribution in [-0.4, -0.2) is 55.2 Å². The molecule has 1 fully saturated rings. The van der Waals surface area contributed by atoms with Gasteiger partial charge in [-0.15, -0.1) is 0 Å². The van der Waals surface area contributed by atoms with E-state index in [9.17, 15) is 9.18 Å². The molecule has 2 aromatic carbocycles. The van der Waals surface area contributed by atoms with Gasteiger partial charge in [0.1, 0.15) is 5.82 Å². The number of fused-ring (bicyclic) bond motifs is 1. The van der Waals surface area contributed by atoms with Gasteiger partial charge in [0.2, 0.25) is 0 Å². The van der Waals surface area contributed by atoms with E-state index < -0.39 is 5.82 Å². The van der Waals surface area contributed by atoms with Crippen molar-refractivity contribution in [1.82, 2.24) is 9.88 Å². The third kappa shape index (κ3) is 4.45. The molecular weight excluding hydrogens is 448 g/mol. The van der Waals surface area contributed by atoms with E-state index >= 15 is 0 Å². The van der Waals surface area contributed by atoms with E-state index in [2.05, 4.69) is 4.90 Å². The van der Waals surface area contributed by atoms with Crippen molar-refractivity contribution in [2.75, 3.05) is 44.3 Å². The lowest BCUT2D eigenvalue weighted by Crippen LogP contribution is -2.43. The zero-order valence-corrected chi connectivity index (χ0v) is 18.7. The molecule has 1 amide bonds. The van der Waals surface area contributed by atoms with E-state index in [1.807, 2.05) is 19.1 Å². The Morgan fingerprint density at radius 2 is 2.00 bits per heavy atom. The molecule has 9 heteroatoms. The van der Waals surface area contributed by atoms with E-state index in [1.165, 1.54) is 23.5 Å². The fraction of sp³-hybridized carbons (Fsp3) is 0.333. The monoisotopic (exact) mass is 467 g/mol. The number of halogens is 3. The van der Waals surface area contributed by atoms with Crippen LogP contribution in [0.15, 0.2) is 30.3 Å². The van der Waals surface area contributed by atoms with Crippen LogP contribution in [0, 0.1) is 12.7 Å². The number of rotatable bonds is 5. The summed E-state index contributed by atoms with van der Waals surface area (Å²) in [5, 5.41) is 1.28. The van der Waals surface area contributed by atoms with E-state index in [-0.39, 0.29) is 16.5 Å². The Kier molecular flexibility index (Phi) is 6.55. The van der Waals surface area contributed by atoms with Gasteiger partial charge in [0.15, 0.2) is 5.13 Å². The number of morpholine rings is 1. The second-order valence-corrected chi connectivity index (χ2v) is 8.87. The Balaban J connectivity index is 1.69. The smallest absolute Gasteiger partial charge is 0.261 e. The summed E-state index contributed by atoms with van der Waals surface area (Å²) in [7, 11) is 0. The van der Waals surface area contributed by atoms with Crippen LogP contribution in [0.2, 0.25) is 10.0 Å². The van der Waals surface area contributed by atoms with Crippen molar-refractivity contribution in [3.63, 3.8) is 0 Å². The Morgan fingerprint density at radius 1 is 1.23 bits per heavy atom. The summed E-state index contributed by atoms with van der Waals surface area (Å²) in [4.78, 5) is 22.0. The highest BCUT2D eigenvalue weighted by atomic mass is 35.5. The molecule has 0 bridgehead atoms. The Labute approximate surface area is 188 Å². The second-order valence-electron chi connectivity index (χ2n) is 7.05. The molecule has 4 rings (SSSR count). The molecule has 1 aliphatic heterocycles. The molecule has 158 valence electrons. The Morgan fingerprint density at radius 3 is 2.73 bits per heavy atom. The lowest BCUT2D eigenvalue weighted by Gasteiger charge is -2.29. The normalized spacial score (nSPS) is 14.9. The average Bonchev–Trinajstić information content (AvgIpc) is 3.16. The maximum atomic E-state index is 13.5. The molecule has 30 heavy (non-hydrogen) atoms. The van der Waals surface area contributed by atoms with Gasteiger partial charge in [0.25, 0.3) is 5.91 Å². The second kappa shape index (κ2) is 9.16. The van der Waals surface area contributed by atoms with Crippen molar-refractivity contribution < 1.29 is 13.9 Å². The summed E-state index contributed by atoms with van der Waals surface area (Å²) >= 11 is 13.8. The minimum absolute atomic E-state index is 0.0803. The van der Waals surface area contributed by atoms with E-state index in [0.717, 1.165) is 34.9 Å². The fourth-order valence-electron chi connectivity index (χ4n) is 3.36. The minimum atomic E-state index is -0.485. The molecule has 0 spiro atoms. The number of aryl methyl sites for hydroxylation is 1. The van der Waals surface area contributed by atoms with Crippen molar-refractivity contribution in [3.05, 3.63) is 57.3 Å². The van der Waals surface area contributed by atoms with Gasteiger partial charge in [0, 0.05) is 31.2 Å². The van der Waals surface area contributed by atoms with E-state index in [1.54, 1.807) is 4.90 Å². The third-order valence-electron chi connectivity index (χ3n) is 5.12. The van der Waals surface area contributed by atoms with Crippen LogP contribution in [-0.2, 0) is 4.74 Å². The number of carbonyl (C=O) groups is 1. The minimum Gasteiger partial charge on any atom is -0.379 e. The van der Waals surface area contributed by atoms with Crippen molar-refractivity contribution in [3.8, 4) is 0 Å². The first-order valence-corrected chi connectivity index (χ1v) is 11.1. The van der Waals surface area contributed by atoms with Gasteiger partial charge in [0.05, 0.1) is 34.0 Å². The zero-order valence-electron chi connectivity index (χ0n) is 16.3. The highest BCUT2D eigenvalue weighted by molar-refractivity contribution is 7.22. The number of thiazole rings is 1.